The van der Waals surface area contributed by atoms with Crippen molar-refractivity contribution in [3.8, 4) is 10.8 Å². The van der Waals surface area contributed by atoms with Crippen molar-refractivity contribution < 1.29 is 22.5 Å². The molecule has 0 unspecified atom stereocenters. The Labute approximate surface area is 143 Å². The summed E-state index contributed by atoms with van der Waals surface area (Å²) in [7, 11) is 0. The van der Waals surface area contributed by atoms with Crippen LogP contribution in [0.3, 0.4) is 0 Å². The lowest BCUT2D eigenvalue weighted by Gasteiger charge is -2.06. The molecule has 1 N–H and O–H groups in total. The molecule has 2 aromatic heterocycles. The summed E-state index contributed by atoms with van der Waals surface area (Å²) >= 11 is 1.26. The lowest BCUT2D eigenvalue weighted by molar-refractivity contribution is 0.102. The molecule has 0 aliphatic heterocycles. The molecule has 9 heteroatoms. The minimum Gasteiger partial charge on any atom is -0.333 e. The third-order valence-corrected chi connectivity index (χ3v) is 4.67. The van der Waals surface area contributed by atoms with Crippen LogP contribution in [0.4, 0.5) is 18.9 Å². The maximum Gasteiger partial charge on any atom is 0.270 e. The van der Waals surface area contributed by atoms with Crippen molar-refractivity contribution in [3.05, 3.63) is 52.4 Å². The molecule has 2 heterocycles. The lowest BCUT2D eigenvalue weighted by Crippen LogP contribution is -2.15. The monoisotopic (exact) mass is 365 g/mol. The predicted octanol–water partition coefficient (Wildman–Crippen LogP) is 4.35. The number of carbonyl (C=O) groups is 1. The fourth-order valence-corrected chi connectivity index (χ4v) is 3.07. The maximum absolute atomic E-state index is 13.8. The summed E-state index contributed by atoms with van der Waals surface area (Å²) in [5.74, 6) is -4.31. The van der Waals surface area contributed by atoms with Gasteiger partial charge in [0.05, 0.1) is 11.3 Å². The third kappa shape index (κ3) is 2.91. The molecule has 3 aromatic rings. The van der Waals surface area contributed by atoms with Crippen molar-refractivity contribution >= 4 is 22.9 Å². The van der Waals surface area contributed by atoms with Gasteiger partial charge in [-0.05, 0) is 36.4 Å². The van der Waals surface area contributed by atoms with Crippen molar-refractivity contribution in [2.75, 3.05) is 5.32 Å². The van der Waals surface area contributed by atoms with Crippen LogP contribution in [-0.2, 0) is 0 Å². The van der Waals surface area contributed by atoms with Crippen molar-refractivity contribution in [2.45, 2.75) is 18.8 Å². The van der Waals surface area contributed by atoms with Crippen molar-refractivity contribution in [2.24, 2.45) is 0 Å². The molecule has 1 fully saturated rings. The molecule has 1 amide bonds. The van der Waals surface area contributed by atoms with Gasteiger partial charge >= 0.3 is 0 Å². The highest BCUT2D eigenvalue weighted by molar-refractivity contribution is 7.14. The molecule has 0 spiro atoms. The normalized spacial score (nSPS) is 13.9. The summed E-state index contributed by atoms with van der Waals surface area (Å²) in [6.07, 6.45) is 2.03. The van der Waals surface area contributed by atoms with Crippen molar-refractivity contribution in [1.82, 2.24) is 10.1 Å². The Hall–Kier alpha value is -2.68. The number of rotatable bonds is 4. The Morgan fingerprint density at radius 1 is 1.20 bits per heavy atom. The lowest BCUT2D eigenvalue weighted by atomic mass is 10.2. The number of carbonyl (C=O) groups excluding carboxylic acids is 1. The van der Waals surface area contributed by atoms with E-state index in [1.165, 1.54) is 11.3 Å². The quantitative estimate of drug-likeness (QED) is 0.698. The Balaban J connectivity index is 1.60. The van der Waals surface area contributed by atoms with E-state index in [0.29, 0.717) is 28.4 Å². The van der Waals surface area contributed by atoms with Gasteiger partial charge in [-0.2, -0.15) is 4.98 Å². The first-order valence-corrected chi connectivity index (χ1v) is 8.29. The minimum absolute atomic E-state index is 0.248. The van der Waals surface area contributed by atoms with Crippen LogP contribution in [-0.4, -0.2) is 16.0 Å². The smallest absolute Gasteiger partial charge is 0.270 e. The number of benzene rings is 1. The van der Waals surface area contributed by atoms with Gasteiger partial charge in [0.25, 0.3) is 11.8 Å². The summed E-state index contributed by atoms with van der Waals surface area (Å²) in [5.41, 5.74) is -0.273. The molecule has 0 saturated heterocycles. The van der Waals surface area contributed by atoms with E-state index in [2.05, 4.69) is 15.5 Å². The highest BCUT2D eigenvalue weighted by atomic mass is 32.1. The summed E-state index contributed by atoms with van der Waals surface area (Å²) in [6, 6.07) is 3.16. The zero-order valence-corrected chi connectivity index (χ0v) is 13.4. The first-order chi connectivity index (χ1) is 12.0. The first kappa shape index (κ1) is 15.8. The number of hydrogen-bond donors (Lipinski definition) is 1. The zero-order valence-electron chi connectivity index (χ0n) is 12.6. The van der Waals surface area contributed by atoms with Crippen LogP contribution in [0.2, 0.25) is 0 Å². The second-order valence-corrected chi connectivity index (χ2v) is 6.49. The fraction of sp³-hybridized carbons (Fsp3) is 0.188. The summed E-state index contributed by atoms with van der Waals surface area (Å²) in [4.78, 5) is 17.0. The topological polar surface area (TPSA) is 68.0 Å². The summed E-state index contributed by atoms with van der Waals surface area (Å²) in [5, 5.41) is 8.05. The average molecular weight is 365 g/mol. The fourth-order valence-electron chi connectivity index (χ4n) is 2.30. The Morgan fingerprint density at radius 3 is 2.76 bits per heavy atom. The number of nitrogens with one attached hydrogen (secondary N) is 1. The molecule has 0 bridgehead atoms. The van der Waals surface area contributed by atoms with Gasteiger partial charge in [0.2, 0.25) is 0 Å². The molecule has 1 aromatic carbocycles. The van der Waals surface area contributed by atoms with Crippen LogP contribution in [0, 0.1) is 17.5 Å². The van der Waals surface area contributed by atoms with E-state index in [1.54, 1.807) is 11.4 Å². The molecule has 1 saturated carbocycles. The number of anilines is 1. The molecule has 1 aliphatic rings. The maximum atomic E-state index is 13.8. The van der Waals surface area contributed by atoms with E-state index in [0.717, 1.165) is 18.9 Å². The zero-order chi connectivity index (χ0) is 17.6. The number of amides is 1. The van der Waals surface area contributed by atoms with Gasteiger partial charge < -0.3 is 9.84 Å². The SMILES string of the molecule is O=C(Nc1ccsc1-c1nc(C2CC2)no1)c1ccc(F)c(F)c1F. The Morgan fingerprint density at radius 2 is 2.00 bits per heavy atom. The van der Waals surface area contributed by atoms with Crippen molar-refractivity contribution in [1.29, 1.82) is 0 Å². The average Bonchev–Trinajstić information content (AvgIpc) is 3.15. The number of halogens is 3. The van der Waals surface area contributed by atoms with Crippen LogP contribution in [0.15, 0.2) is 28.1 Å². The van der Waals surface area contributed by atoms with Crippen LogP contribution < -0.4 is 5.32 Å². The summed E-state index contributed by atoms with van der Waals surface area (Å²) in [6.45, 7) is 0. The number of thiophene rings is 1. The number of aromatic nitrogens is 2. The van der Waals surface area contributed by atoms with E-state index in [4.69, 9.17) is 4.52 Å². The first-order valence-electron chi connectivity index (χ1n) is 7.41. The van der Waals surface area contributed by atoms with Gasteiger partial charge in [0.15, 0.2) is 23.3 Å². The van der Waals surface area contributed by atoms with E-state index < -0.39 is 28.9 Å². The third-order valence-electron chi connectivity index (χ3n) is 3.77. The van der Waals surface area contributed by atoms with Gasteiger partial charge in [-0.15, -0.1) is 11.3 Å². The number of nitrogens with zero attached hydrogens (tertiary/aromatic N) is 2. The highest BCUT2D eigenvalue weighted by Crippen LogP contribution is 2.40. The highest BCUT2D eigenvalue weighted by Gasteiger charge is 2.29. The van der Waals surface area contributed by atoms with E-state index in [1.807, 2.05) is 0 Å². The van der Waals surface area contributed by atoms with Gasteiger partial charge in [0, 0.05) is 5.92 Å². The second kappa shape index (κ2) is 5.99. The van der Waals surface area contributed by atoms with Gasteiger partial charge in [-0.25, -0.2) is 13.2 Å². The molecule has 0 atom stereocenters. The molecule has 1 aliphatic carbocycles. The van der Waals surface area contributed by atoms with Crippen LogP contribution in [0.1, 0.15) is 34.9 Å². The minimum atomic E-state index is -1.69. The largest absolute Gasteiger partial charge is 0.333 e. The van der Waals surface area contributed by atoms with Crippen molar-refractivity contribution in [3.63, 3.8) is 0 Å². The Bertz CT molecular complexity index is 965. The predicted molar refractivity (Wildman–Crippen MR) is 83.9 cm³/mol. The standard InChI is InChI=1S/C16H10F3N3O2S/c17-9-4-3-8(11(18)12(9)19)15(23)20-10-5-6-25-13(10)16-21-14(22-24-16)7-1-2-7/h3-7H,1-2H2,(H,20,23). The van der Waals surface area contributed by atoms with Gasteiger partial charge in [-0.1, -0.05) is 5.16 Å². The molecule has 0 radical (unpaired) electrons. The molecule has 25 heavy (non-hydrogen) atoms. The van der Waals surface area contributed by atoms with E-state index in [-0.39, 0.29) is 5.89 Å². The molecular formula is C16H10F3N3O2S. The van der Waals surface area contributed by atoms with E-state index >= 15 is 0 Å². The molecule has 4 rings (SSSR count). The Kier molecular flexibility index (Phi) is 3.79. The van der Waals surface area contributed by atoms with Gasteiger partial charge in [0.1, 0.15) is 4.88 Å². The summed E-state index contributed by atoms with van der Waals surface area (Å²) < 4.78 is 45.2. The van der Waals surface area contributed by atoms with Crippen LogP contribution in [0.5, 0.6) is 0 Å². The van der Waals surface area contributed by atoms with Crippen LogP contribution >= 0.6 is 11.3 Å². The molecular weight excluding hydrogens is 355 g/mol. The second-order valence-electron chi connectivity index (χ2n) is 5.57. The molecule has 128 valence electrons. The van der Waals surface area contributed by atoms with Gasteiger partial charge in [-0.3, -0.25) is 4.79 Å². The van der Waals surface area contributed by atoms with E-state index in [9.17, 15) is 18.0 Å². The van der Waals surface area contributed by atoms with Crippen LogP contribution in [0.25, 0.3) is 10.8 Å². The number of hydrogen-bond acceptors (Lipinski definition) is 5. The molecule has 5 nitrogen and oxygen atoms in total.